The number of amides is 1. The van der Waals surface area contributed by atoms with Gasteiger partial charge in [0.05, 0.1) is 31.1 Å². The molecule has 1 amide bonds. The number of aromatic nitrogens is 1. The second kappa shape index (κ2) is 9.12. The Balaban J connectivity index is 1.64. The summed E-state index contributed by atoms with van der Waals surface area (Å²) in [5.41, 5.74) is 1.39. The number of hydrogen-bond donors (Lipinski definition) is 1. The highest BCUT2D eigenvalue weighted by Crippen LogP contribution is 2.36. The lowest BCUT2D eigenvalue weighted by molar-refractivity contribution is -0.116. The molecular weight excluding hydrogens is 448 g/mol. The normalized spacial score (nSPS) is 10.6. The van der Waals surface area contributed by atoms with E-state index in [1.54, 1.807) is 18.3 Å². The van der Waals surface area contributed by atoms with Crippen molar-refractivity contribution in [1.82, 2.24) is 4.98 Å². The summed E-state index contributed by atoms with van der Waals surface area (Å²) < 4.78 is 17.1. The third-order valence-corrected chi connectivity index (χ3v) is 4.77. The first-order valence-electron chi connectivity index (χ1n) is 8.42. The molecule has 1 N–H and O–H groups in total. The largest absolute Gasteiger partial charge is 0.495 e. The predicted molar refractivity (Wildman–Crippen MR) is 111 cm³/mol. The molecule has 1 heterocycles. The van der Waals surface area contributed by atoms with Gasteiger partial charge in [-0.1, -0.05) is 39.7 Å². The monoisotopic (exact) mass is 464 g/mol. The molecule has 0 radical (unpaired) electrons. The minimum absolute atomic E-state index is 0.201. The van der Waals surface area contributed by atoms with Crippen molar-refractivity contribution in [1.29, 1.82) is 0 Å². The van der Waals surface area contributed by atoms with E-state index in [0.29, 0.717) is 40.3 Å². The molecule has 6 nitrogen and oxygen atoms in total. The quantitative estimate of drug-likeness (QED) is 0.509. The Kier molecular flexibility index (Phi) is 6.59. The van der Waals surface area contributed by atoms with Crippen molar-refractivity contribution >= 4 is 39.1 Å². The molecule has 0 unspecified atom stereocenters. The van der Waals surface area contributed by atoms with Gasteiger partial charge in [-0.25, -0.2) is 4.98 Å². The molecule has 2 aromatic carbocycles. The summed E-state index contributed by atoms with van der Waals surface area (Å²) in [4.78, 5) is 16.6. The van der Waals surface area contributed by atoms with Gasteiger partial charge in [0, 0.05) is 35.0 Å². The number of halogens is 2. The number of anilines is 1. The minimum Gasteiger partial charge on any atom is -0.495 e. The number of ether oxygens (including phenoxy) is 2. The number of aryl methyl sites for hydroxylation is 1. The Morgan fingerprint density at radius 3 is 2.71 bits per heavy atom. The molecule has 0 saturated heterocycles. The third kappa shape index (κ3) is 4.85. The van der Waals surface area contributed by atoms with Gasteiger partial charge in [-0.2, -0.15) is 0 Å². The topological polar surface area (TPSA) is 73.6 Å². The van der Waals surface area contributed by atoms with E-state index in [2.05, 4.69) is 26.2 Å². The molecule has 1 aromatic heterocycles. The lowest BCUT2D eigenvalue weighted by atomic mass is 10.2. The minimum atomic E-state index is -0.204. The van der Waals surface area contributed by atoms with Crippen LogP contribution in [0.3, 0.4) is 0 Å². The lowest BCUT2D eigenvalue weighted by Crippen LogP contribution is -2.13. The van der Waals surface area contributed by atoms with Gasteiger partial charge in [0.2, 0.25) is 5.91 Å². The Hall–Kier alpha value is -2.51. The molecule has 0 aliphatic carbocycles. The molecule has 0 atom stereocenters. The van der Waals surface area contributed by atoms with E-state index >= 15 is 0 Å². The van der Waals surface area contributed by atoms with Gasteiger partial charge in [0.25, 0.3) is 0 Å². The summed E-state index contributed by atoms with van der Waals surface area (Å²) in [5.74, 6) is 1.84. The first-order chi connectivity index (χ1) is 13.5. The van der Waals surface area contributed by atoms with E-state index in [9.17, 15) is 4.79 Å². The zero-order valence-electron chi connectivity index (χ0n) is 15.3. The molecule has 0 fully saturated rings. The lowest BCUT2D eigenvalue weighted by Gasteiger charge is -2.13. The van der Waals surface area contributed by atoms with Gasteiger partial charge in [-0.15, -0.1) is 0 Å². The van der Waals surface area contributed by atoms with Crippen LogP contribution in [-0.2, 0) is 11.2 Å². The maximum absolute atomic E-state index is 12.3. The summed E-state index contributed by atoms with van der Waals surface area (Å²) in [6.45, 7) is 0. The van der Waals surface area contributed by atoms with Crippen molar-refractivity contribution in [3.63, 3.8) is 0 Å². The zero-order chi connectivity index (χ0) is 20.1. The molecule has 0 aliphatic heterocycles. The zero-order valence-corrected chi connectivity index (χ0v) is 17.6. The smallest absolute Gasteiger partial charge is 0.224 e. The highest BCUT2D eigenvalue weighted by Gasteiger charge is 2.14. The number of hydrogen-bond acceptors (Lipinski definition) is 5. The number of carbonyl (C=O) groups excluding carboxylic acids is 1. The molecule has 3 aromatic rings. The van der Waals surface area contributed by atoms with Crippen molar-refractivity contribution in [3.05, 3.63) is 58.0 Å². The highest BCUT2D eigenvalue weighted by atomic mass is 79.9. The summed E-state index contributed by atoms with van der Waals surface area (Å²) in [6, 6.07) is 10.9. The average molecular weight is 466 g/mol. The summed E-state index contributed by atoms with van der Waals surface area (Å²) >= 11 is 9.51. The molecular formula is C20H18BrClN2O4. The Morgan fingerprint density at radius 1 is 1.21 bits per heavy atom. The van der Waals surface area contributed by atoms with Gasteiger partial charge in [0.1, 0.15) is 11.5 Å². The van der Waals surface area contributed by atoms with E-state index in [-0.39, 0.29) is 12.3 Å². The first kappa shape index (κ1) is 20.2. The number of methoxy groups -OCH3 is 2. The maximum atomic E-state index is 12.3. The third-order valence-electron chi connectivity index (χ3n) is 3.98. The summed E-state index contributed by atoms with van der Waals surface area (Å²) in [5, 5.41) is 3.20. The predicted octanol–water partition coefficient (Wildman–Crippen LogP) is 5.35. The van der Waals surface area contributed by atoms with Crippen LogP contribution in [0, 0.1) is 0 Å². The van der Waals surface area contributed by atoms with Crippen LogP contribution in [0.25, 0.3) is 11.3 Å². The summed E-state index contributed by atoms with van der Waals surface area (Å²) in [6.07, 6.45) is 2.22. The molecule has 3 rings (SSSR count). The molecule has 28 heavy (non-hydrogen) atoms. The second-order valence-electron chi connectivity index (χ2n) is 5.86. The van der Waals surface area contributed by atoms with Crippen molar-refractivity contribution in [2.45, 2.75) is 12.8 Å². The van der Waals surface area contributed by atoms with Crippen LogP contribution in [0.5, 0.6) is 11.5 Å². The van der Waals surface area contributed by atoms with E-state index in [1.807, 2.05) is 24.3 Å². The van der Waals surface area contributed by atoms with Crippen molar-refractivity contribution < 1.29 is 18.7 Å². The highest BCUT2D eigenvalue weighted by molar-refractivity contribution is 9.10. The fraction of sp³-hybridized carbons (Fsp3) is 0.200. The molecule has 0 saturated carbocycles. The molecule has 146 valence electrons. The number of oxazole rings is 1. The second-order valence-corrected chi connectivity index (χ2v) is 7.19. The number of nitrogens with one attached hydrogen (secondary N) is 1. The molecule has 0 bridgehead atoms. The van der Waals surface area contributed by atoms with Gasteiger partial charge in [0.15, 0.2) is 11.7 Å². The van der Waals surface area contributed by atoms with Crippen LogP contribution in [0.4, 0.5) is 5.69 Å². The Morgan fingerprint density at radius 2 is 2.00 bits per heavy atom. The standard InChI is InChI=1S/C20H18BrClN2O4/c1-26-16-10-15(17(27-2)9-14(16)22)24-19(25)6-7-20-23-11-18(28-20)12-4-3-5-13(21)8-12/h3-5,8-11H,6-7H2,1-2H3,(H,24,25). The first-order valence-corrected chi connectivity index (χ1v) is 9.59. The maximum Gasteiger partial charge on any atom is 0.224 e. The number of carbonyl (C=O) groups is 1. The van der Waals surface area contributed by atoms with Crippen LogP contribution in [-0.4, -0.2) is 25.1 Å². The van der Waals surface area contributed by atoms with Gasteiger partial charge < -0.3 is 19.2 Å². The average Bonchev–Trinajstić information content (AvgIpc) is 3.16. The molecule has 0 aliphatic rings. The van der Waals surface area contributed by atoms with Crippen LogP contribution in [0.15, 0.2) is 51.5 Å². The number of rotatable bonds is 7. The Bertz CT molecular complexity index is 990. The molecule has 8 heteroatoms. The van der Waals surface area contributed by atoms with Gasteiger partial charge in [-0.3, -0.25) is 4.79 Å². The van der Waals surface area contributed by atoms with Crippen LogP contribution >= 0.6 is 27.5 Å². The van der Waals surface area contributed by atoms with E-state index < -0.39 is 0 Å². The van der Waals surface area contributed by atoms with E-state index in [4.69, 9.17) is 25.5 Å². The Labute approximate surface area is 175 Å². The van der Waals surface area contributed by atoms with Crippen LogP contribution < -0.4 is 14.8 Å². The van der Waals surface area contributed by atoms with Gasteiger partial charge in [-0.05, 0) is 12.1 Å². The summed E-state index contributed by atoms with van der Waals surface area (Å²) in [7, 11) is 3.01. The van der Waals surface area contributed by atoms with Crippen molar-refractivity contribution in [2.75, 3.05) is 19.5 Å². The number of nitrogens with zero attached hydrogens (tertiary/aromatic N) is 1. The fourth-order valence-corrected chi connectivity index (χ4v) is 3.22. The van der Waals surface area contributed by atoms with Crippen LogP contribution in [0.1, 0.15) is 12.3 Å². The van der Waals surface area contributed by atoms with Gasteiger partial charge >= 0.3 is 0 Å². The van der Waals surface area contributed by atoms with Crippen molar-refractivity contribution in [2.24, 2.45) is 0 Å². The van der Waals surface area contributed by atoms with E-state index in [0.717, 1.165) is 10.0 Å². The van der Waals surface area contributed by atoms with E-state index in [1.165, 1.54) is 14.2 Å². The fourth-order valence-electron chi connectivity index (χ4n) is 2.59. The van der Waals surface area contributed by atoms with Crippen molar-refractivity contribution in [3.8, 4) is 22.8 Å². The number of benzene rings is 2. The van der Waals surface area contributed by atoms with Crippen LogP contribution in [0.2, 0.25) is 5.02 Å². The SMILES string of the molecule is COc1cc(NC(=O)CCc2ncc(-c3cccc(Br)c3)o2)c(OC)cc1Cl. The molecule has 0 spiro atoms.